The van der Waals surface area contributed by atoms with Gasteiger partial charge in [-0.2, -0.15) is 0 Å². The van der Waals surface area contributed by atoms with E-state index in [1.807, 2.05) is 5.38 Å². The van der Waals surface area contributed by atoms with Crippen LogP contribution >= 0.6 is 11.3 Å². The van der Waals surface area contributed by atoms with Gasteiger partial charge in [0, 0.05) is 18.9 Å². The summed E-state index contributed by atoms with van der Waals surface area (Å²) < 4.78 is 0. The number of rotatable bonds is 7. The highest BCUT2D eigenvalue weighted by atomic mass is 32.1. The molecule has 0 fully saturated rings. The lowest BCUT2D eigenvalue weighted by atomic mass is 9.96. The van der Waals surface area contributed by atoms with Crippen molar-refractivity contribution in [3.63, 3.8) is 0 Å². The van der Waals surface area contributed by atoms with Gasteiger partial charge in [0.25, 0.3) is 5.91 Å². The Kier molecular flexibility index (Phi) is 5.28. The van der Waals surface area contributed by atoms with Gasteiger partial charge in [0.2, 0.25) is 5.78 Å². The summed E-state index contributed by atoms with van der Waals surface area (Å²) in [6.07, 6.45) is 6.11. The van der Waals surface area contributed by atoms with E-state index in [4.69, 9.17) is 0 Å². The lowest BCUT2D eigenvalue weighted by Gasteiger charge is -2.26. The number of aliphatic hydroxyl groups excluding tert-OH is 1. The molecule has 1 N–H and O–H groups in total. The number of nitrogens with zero attached hydrogens (tertiary/aromatic N) is 2. The average molecular weight is 356 g/mol. The third-order valence-corrected chi connectivity index (χ3v) is 5.19. The van der Waals surface area contributed by atoms with E-state index in [-0.39, 0.29) is 11.4 Å². The molecule has 0 radical (unpaired) electrons. The first-order valence-electron chi connectivity index (χ1n) is 8.37. The zero-order valence-electron chi connectivity index (χ0n) is 14.0. The highest BCUT2D eigenvalue weighted by Crippen LogP contribution is 2.39. The highest BCUT2D eigenvalue weighted by molar-refractivity contribution is 7.12. The number of unbranched alkanes of at least 4 members (excludes halogenated alkanes) is 2. The Morgan fingerprint density at radius 3 is 2.68 bits per heavy atom. The Bertz CT molecular complexity index is 784. The van der Waals surface area contributed by atoms with E-state index in [9.17, 15) is 14.7 Å². The fourth-order valence-electron chi connectivity index (χ4n) is 3.08. The van der Waals surface area contributed by atoms with Crippen molar-refractivity contribution >= 4 is 23.0 Å². The molecule has 0 spiro atoms. The Morgan fingerprint density at radius 1 is 1.28 bits per heavy atom. The zero-order chi connectivity index (χ0) is 17.8. The van der Waals surface area contributed by atoms with Gasteiger partial charge in [-0.15, -0.1) is 11.3 Å². The van der Waals surface area contributed by atoms with Crippen LogP contribution in [-0.4, -0.2) is 33.2 Å². The number of pyridine rings is 1. The van der Waals surface area contributed by atoms with Crippen LogP contribution in [0.5, 0.6) is 0 Å². The Balaban J connectivity index is 2.01. The van der Waals surface area contributed by atoms with Crippen molar-refractivity contribution in [2.24, 2.45) is 0 Å². The van der Waals surface area contributed by atoms with Crippen LogP contribution in [-0.2, 0) is 4.79 Å². The summed E-state index contributed by atoms with van der Waals surface area (Å²) >= 11 is 1.30. The molecule has 1 unspecified atom stereocenters. The van der Waals surface area contributed by atoms with Crippen LogP contribution < -0.4 is 0 Å². The van der Waals surface area contributed by atoms with Gasteiger partial charge in [-0.3, -0.25) is 14.6 Å². The van der Waals surface area contributed by atoms with Crippen molar-refractivity contribution in [2.45, 2.75) is 32.2 Å². The number of thiophene rings is 1. The van der Waals surface area contributed by atoms with Crippen LogP contribution in [0.25, 0.3) is 0 Å². The summed E-state index contributed by atoms with van der Waals surface area (Å²) in [5, 5.41) is 12.2. The van der Waals surface area contributed by atoms with Gasteiger partial charge < -0.3 is 10.0 Å². The van der Waals surface area contributed by atoms with Gasteiger partial charge in [-0.05, 0) is 35.6 Å². The van der Waals surface area contributed by atoms with E-state index in [2.05, 4.69) is 11.9 Å². The molecule has 6 heteroatoms. The van der Waals surface area contributed by atoms with E-state index >= 15 is 0 Å². The van der Waals surface area contributed by atoms with Gasteiger partial charge in [0.15, 0.2) is 5.76 Å². The van der Waals surface area contributed by atoms with Gasteiger partial charge in [-0.1, -0.05) is 25.8 Å². The van der Waals surface area contributed by atoms with Crippen molar-refractivity contribution in [2.75, 3.05) is 6.54 Å². The maximum absolute atomic E-state index is 12.9. The van der Waals surface area contributed by atoms with Crippen LogP contribution in [0.2, 0.25) is 0 Å². The molecule has 0 aromatic carbocycles. The van der Waals surface area contributed by atoms with Crippen LogP contribution in [0, 0.1) is 0 Å². The molecule has 130 valence electrons. The molecule has 3 rings (SSSR count). The van der Waals surface area contributed by atoms with E-state index in [1.165, 1.54) is 11.3 Å². The molecule has 0 bridgehead atoms. The minimum atomic E-state index is -0.568. The second-order valence-electron chi connectivity index (χ2n) is 5.96. The number of carbonyl (C=O) groups is 2. The van der Waals surface area contributed by atoms with Crippen LogP contribution in [0.15, 0.2) is 53.4 Å². The third kappa shape index (κ3) is 3.35. The van der Waals surface area contributed by atoms with E-state index in [0.717, 1.165) is 24.8 Å². The molecule has 0 aliphatic carbocycles. The van der Waals surface area contributed by atoms with Crippen molar-refractivity contribution in [1.29, 1.82) is 0 Å². The topological polar surface area (TPSA) is 70.5 Å². The van der Waals surface area contributed by atoms with Crippen molar-refractivity contribution in [1.82, 2.24) is 9.88 Å². The normalized spacial score (nSPS) is 17.4. The fourth-order valence-corrected chi connectivity index (χ4v) is 3.76. The molecule has 2 aromatic rings. The molecule has 25 heavy (non-hydrogen) atoms. The molecular formula is C19H20N2O3S. The molecule has 0 saturated carbocycles. The van der Waals surface area contributed by atoms with Crippen molar-refractivity contribution < 1.29 is 14.7 Å². The Hall–Kier alpha value is -2.47. The number of Topliss-reactive ketones (excluding diaryl/α,β-unsaturated/α-hetero) is 1. The Morgan fingerprint density at radius 2 is 2.04 bits per heavy atom. The minimum absolute atomic E-state index is 0.162. The first-order valence-corrected chi connectivity index (χ1v) is 9.25. The number of ketones is 1. The average Bonchev–Trinajstić information content (AvgIpc) is 3.25. The summed E-state index contributed by atoms with van der Waals surface area (Å²) in [7, 11) is 0. The van der Waals surface area contributed by atoms with Gasteiger partial charge in [-0.25, -0.2) is 0 Å². The predicted molar refractivity (Wildman–Crippen MR) is 96.5 cm³/mol. The summed E-state index contributed by atoms with van der Waals surface area (Å²) in [4.78, 5) is 31.7. The van der Waals surface area contributed by atoms with Gasteiger partial charge in [0.05, 0.1) is 16.5 Å². The molecule has 1 atom stereocenters. The molecule has 2 aromatic heterocycles. The number of hydrogen-bond acceptors (Lipinski definition) is 5. The molecule has 3 heterocycles. The maximum Gasteiger partial charge on any atom is 0.290 e. The quantitative estimate of drug-likeness (QED) is 0.603. The van der Waals surface area contributed by atoms with Gasteiger partial charge >= 0.3 is 0 Å². The molecule has 1 aliphatic rings. The monoisotopic (exact) mass is 356 g/mol. The smallest absolute Gasteiger partial charge is 0.290 e. The van der Waals surface area contributed by atoms with Crippen molar-refractivity contribution in [3.05, 3.63) is 63.8 Å². The number of carbonyl (C=O) groups excluding carboxylic acids is 2. The standard InChI is InChI=1S/C19H20N2O3S/c1-2-3-4-11-21-16(13-7-9-20-10-8-13)15(18(23)19(21)24)17(22)14-6-5-12-25-14/h5-10,12,16,23H,2-4,11H2,1H3. The second-order valence-corrected chi connectivity index (χ2v) is 6.91. The van der Waals surface area contributed by atoms with E-state index in [1.54, 1.807) is 41.6 Å². The lowest BCUT2D eigenvalue weighted by Crippen LogP contribution is -2.32. The first kappa shape index (κ1) is 17.4. The predicted octanol–water partition coefficient (Wildman–Crippen LogP) is 3.91. The number of aromatic nitrogens is 1. The SMILES string of the molecule is CCCCCN1C(=O)C(O)=C(C(=O)c2cccs2)C1c1ccncc1. The summed E-state index contributed by atoms with van der Waals surface area (Å²) in [6, 6.07) is 6.49. The summed E-state index contributed by atoms with van der Waals surface area (Å²) in [5.41, 5.74) is 0.943. The van der Waals surface area contributed by atoms with Gasteiger partial charge in [0.1, 0.15) is 0 Å². The zero-order valence-corrected chi connectivity index (χ0v) is 14.8. The van der Waals surface area contributed by atoms with Crippen LogP contribution in [0.1, 0.15) is 47.5 Å². The minimum Gasteiger partial charge on any atom is -0.503 e. The third-order valence-electron chi connectivity index (χ3n) is 4.32. The van der Waals surface area contributed by atoms with Crippen molar-refractivity contribution in [3.8, 4) is 0 Å². The fraction of sp³-hybridized carbons (Fsp3) is 0.316. The number of aliphatic hydroxyl groups is 1. The summed E-state index contributed by atoms with van der Waals surface area (Å²) in [6.45, 7) is 2.60. The maximum atomic E-state index is 12.9. The second kappa shape index (κ2) is 7.61. The molecule has 5 nitrogen and oxygen atoms in total. The molecule has 0 saturated heterocycles. The highest BCUT2D eigenvalue weighted by Gasteiger charge is 2.43. The van der Waals surface area contributed by atoms with E-state index < -0.39 is 17.7 Å². The summed E-state index contributed by atoms with van der Waals surface area (Å²) in [5.74, 6) is -1.20. The Labute approximate surface area is 150 Å². The largest absolute Gasteiger partial charge is 0.503 e. The molecule has 1 aliphatic heterocycles. The number of hydrogen-bond donors (Lipinski definition) is 1. The van der Waals surface area contributed by atoms with Crippen LogP contribution in [0.4, 0.5) is 0 Å². The first-order chi connectivity index (χ1) is 12.1. The number of amides is 1. The van der Waals surface area contributed by atoms with E-state index in [0.29, 0.717) is 11.4 Å². The molecule has 1 amide bonds. The molecular weight excluding hydrogens is 336 g/mol. The lowest BCUT2D eigenvalue weighted by molar-refractivity contribution is -0.129. The van der Waals surface area contributed by atoms with Crippen LogP contribution in [0.3, 0.4) is 0 Å².